The molecule has 0 bridgehead atoms. The lowest BCUT2D eigenvalue weighted by molar-refractivity contribution is 0.338. The summed E-state index contributed by atoms with van der Waals surface area (Å²) < 4.78 is 5.66. The van der Waals surface area contributed by atoms with Gasteiger partial charge in [0.1, 0.15) is 5.75 Å². The number of nitrogens with zero attached hydrogens (tertiary/aromatic N) is 2. The number of para-hydroxylation sites is 2. The Morgan fingerprint density at radius 2 is 2.33 bits per heavy atom. The van der Waals surface area contributed by atoms with Crippen molar-refractivity contribution in [3.8, 4) is 11.8 Å². The largest absolute Gasteiger partial charge is 0.492 e. The number of rotatable bonds is 4. The van der Waals surface area contributed by atoms with Gasteiger partial charge in [0.05, 0.1) is 24.8 Å². The molecule has 4 heteroatoms. The third kappa shape index (κ3) is 2.93. The SMILES string of the molecule is CCOc1ccccc1N1CCNC(CC#N)C1. The van der Waals surface area contributed by atoms with Gasteiger partial charge in [0.2, 0.25) is 0 Å². The first-order chi connectivity index (χ1) is 8.85. The molecule has 0 aliphatic carbocycles. The van der Waals surface area contributed by atoms with Crippen LogP contribution in [0.3, 0.4) is 0 Å². The number of hydrogen-bond acceptors (Lipinski definition) is 4. The molecule has 96 valence electrons. The van der Waals surface area contributed by atoms with Crippen LogP contribution in [0.25, 0.3) is 0 Å². The highest BCUT2D eigenvalue weighted by molar-refractivity contribution is 5.58. The average molecular weight is 245 g/mol. The van der Waals surface area contributed by atoms with E-state index in [-0.39, 0.29) is 6.04 Å². The van der Waals surface area contributed by atoms with E-state index < -0.39 is 0 Å². The van der Waals surface area contributed by atoms with Gasteiger partial charge in [-0.3, -0.25) is 0 Å². The molecular weight excluding hydrogens is 226 g/mol. The van der Waals surface area contributed by atoms with Crippen molar-refractivity contribution in [1.82, 2.24) is 5.32 Å². The molecule has 0 spiro atoms. The molecule has 1 aromatic rings. The number of nitriles is 1. The molecule has 1 heterocycles. The maximum atomic E-state index is 8.78. The van der Waals surface area contributed by atoms with Crippen LogP contribution in [0.1, 0.15) is 13.3 Å². The van der Waals surface area contributed by atoms with E-state index >= 15 is 0 Å². The molecule has 0 aromatic heterocycles. The van der Waals surface area contributed by atoms with Crippen LogP contribution in [0.15, 0.2) is 24.3 Å². The Morgan fingerprint density at radius 3 is 3.11 bits per heavy atom. The smallest absolute Gasteiger partial charge is 0.142 e. The highest BCUT2D eigenvalue weighted by Crippen LogP contribution is 2.28. The molecule has 2 rings (SSSR count). The van der Waals surface area contributed by atoms with E-state index in [0.29, 0.717) is 13.0 Å². The highest BCUT2D eigenvalue weighted by Gasteiger charge is 2.21. The normalized spacial score (nSPS) is 19.3. The highest BCUT2D eigenvalue weighted by atomic mass is 16.5. The average Bonchev–Trinajstić information content (AvgIpc) is 2.40. The Balaban J connectivity index is 2.13. The predicted molar refractivity (Wildman–Crippen MR) is 71.8 cm³/mol. The first kappa shape index (κ1) is 12.7. The van der Waals surface area contributed by atoms with Gasteiger partial charge in [0, 0.05) is 25.7 Å². The Labute approximate surface area is 108 Å². The van der Waals surface area contributed by atoms with Crippen LogP contribution in [-0.4, -0.2) is 32.3 Å². The number of ether oxygens (including phenoxy) is 1. The molecule has 0 amide bonds. The van der Waals surface area contributed by atoms with Crippen LogP contribution < -0.4 is 15.0 Å². The lowest BCUT2D eigenvalue weighted by Gasteiger charge is -2.35. The van der Waals surface area contributed by atoms with Crippen molar-refractivity contribution in [2.45, 2.75) is 19.4 Å². The number of anilines is 1. The summed E-state index contributed by atoms with van der Waals surface area (Å²) in [5, 5.41) is 12.1. The Hall–Kier alpha value is -1.73. The van der Waals surface area contributed by atoms with Crippen LogP contribution in [0.4, 0.5) is 5.69 Å². The lowest BCUT2D eigenvalue weighted by atomic mass is 10.1. The zero-order valence-electron chi connectivity index (χ0n) is 10.7. The van der Waals surface area contributed by atoms with E-state index in [4.69, 9.17) is 10.00 Å². The van der Waals surface area contributed by atoms with Crippen molar-refractivity contribution in [3.63, 3.8) is 0 Å². The quantitative estimate of drug-likeness (QED) is 0.878. The molecule has 1 aromatic carbocycles. The second-order valence-corrected chi connectivity index (χ2v) is 4.36. The number of hydrogen-bond donors (Lipinski definition) is 1. The van der Waals surface area contributed by atoms with Crippen molar-refractivity contribution in [2.75, 3.05) is 31.1 Å². The third-order valence-electron chi connectivity index (χ3n) is 3.10. The van der Waals surface area contributed by atoms with E-state index in [9.17, 15) is 0 Å². The van der Waals surface area contributed by atoms with Gasteiger partial charge in [-0.1, -0.05) is 12.1 Å². The van der Waals surface area contributed by atoms with E-state index in [1.165, 1.54) is 0 Å². The summed E-state index contributed by atoms with van der Waals surface area (Å²) in [6.45, 7) is 5.38. The monoisotopic (exact) mass is 245 g/mol. The number of benzene rings is 1. The summed E-state index contributed by atoms with van der Waals surface area (Å²) >= 11 is 0. The minimum absolute atomic E-state index is 0.249. The van der Waals surface area contributed by atoms with E-state index in [1.54, 1.807) is 0 Å². The van der Waals surface area contributed by atoms with Crippen LogP contribution in [0.5, 0.6) is 5.75 Å². The van der Waals surface area contributed by atoms with E-state index in [0.717, 1.165) is 31.1 Å². The van der Waals surface area contributed by atoms with E-state index in [2.05, 4.69) is 22.4 Å². The molecule has 0 radical (unpaired) electrons. The van der Waals surface area contributed by atoms with Crippen LogP contribution in [0.2, 0.25) is 0 Å². The summed E-state index contributed by atoms with van der Waals surface area (Å²) in [7, 11) is 0. The molecule has 4 nitrogen and oxygen atoms in total. The van der Waals surface area contributed by atoms with Crippen molar-refractivity contribution in [1.29, 1.82) is 5.26 Å². The Morgan fingerprint density at radius 1 is 1.50 bits per heavy atom. The molecule has 1 unspecified atom stereocenters. The van der Waals surface area contributed by atoms with Crippen molar-refractivity contribution in [3.05, 3.63) is 24.3 Å². The fourth-order valence-corrected chi connectivity index (χ4v) is 2.29. The molecule has 1 saturated heterocycles. The fraction of sp³-hybridized carbons (Fsp3) is 0.500. The summed E-state index contributed by atoms with van der Waals surface area (Å²) in [6.07, 6.45) is 0.549. The third-order valence-corrected chi connectivity index (χ3v) is 3.10. The second-order valence-electron chi connectivity index (χ2n) is 4.36. The van der Waals surface area contributed by atoms with Gasteiger partial charge in [-0.25, -0.2) is 0 Å². The van der Waals surface area contributed by atoms with Gasteiger partial charge in [-0.2, -0.15) is 5.26 Å². The Kier molecular flexibility index (Phi) is 4.43. The first-order valence-electron chi connectivity index (χ1n) is 6.42. The lowest BCUT2D eigenvalue weighted by Crippen LogP contribution is -2.50. The van der Waals surface area contributed by atoms with Crippen LogP contribution in [-0.2, 0) is 0 Å². The Bertz CT molecular complexity index is 427. The van der Waals surface area contributed by atoms with Gasteiger partial charge in [-0.05, 0) is 19.1 Å². The zero-order chi connectivity index (χ0) is 12.8. The van der Waals surface area contributed by atoms with Crippen molar-refractivity contribution < 1.29 is 4.74 Å². The van der Waals surface area contributed by atoms with Gasteiger partial charge in [-0.15, -0.1) is 0 Å². The summed E-state index contributed by atoms with van der Waals surface area (Å²) in [5.74, 6) is 0.928. The number of piperazine rings is 1. The fourth-order valence-electron chi connectivity index (χ4n) is 2.29. The summed E-state index contributed by atoms with van der Waals surface area (Å²) in [5.41, 5.74) is 1.13. The molecular formula is C14H19N3O. The molecule has 1 atom stereocenters. The van der Waals surface area contributed by atoms with Crippen molar-refractivity contribution in [2.24, 2.45) is 0 Å². The maximum absolute atomic E-state index is 8.78. The molecule has 1 N–H and O–H groups in total. The molecule has 1 fully saturated rings. The van der Waals surface area contributed by atoms with Gasteiger partial charge < -0.3 is 15.0 Å². The van der Waals surface area contributed by atoms with Gasteiger partial charge in [0.25, 0.3) is 0 Å². The summed E-state index contributed by atoms with van der Waals surface area (Å²) in [4.78, 5) is 2.30. The molecule has 1 aliphatic heterocycles. The minimum Gasteiger partial charge on any atom is -0.492 e. The minimum atomic E-state index is 0.249. The summed E-state index contributed by atoms with van der Waals surface area (Å²) in [6, 6.07) is 10.6. The molecule has 18 heavy (non-hydrogen) atoms. The van der Waals surface area contributed by atoms with Crippen molar-refractivity contribution >= 4 is 5.69 Å². The van der Waals surface area contributed by atoms with Gasteiger partial charge in [0.15, 0.2) is 0 Å². The zero-order valence-corrected chi connectivity index (χ0v) is 10.7. The van der Waals surface area contributed by atoms with Crippen LogP contribution in [0, 0.1) is 11.3 Å². The first-order valence-corrected chi connectivity index (χ1v) is 6.42. The van der Waals surface area contributed by atoms with Gasteiger partial charge >= 0.3 is 0 Å². The second kappa shape index (κ2) is 6.27. The van der Waals surface area contributed by atoms with Crippen LogP contribution >= 0.6 is 0 Å². The standard InChI is InChI=1S/C14H19N3O/c1-2-18-14-6-4-3-5-13(14)17-10-9-16-12(11-17)7-8-15/h3-6,12,16H,2,7,9-11H2,1H3. The molecule has 0 saturated carbocycles. The van der Waals surface area contributed by atoms with E-state index in [1.807, 2.05) is 25.1 Å². The topological polar surface area (TPSA) is 48.3 Å². The predicted octanol–water partition coefficient (Wildman–Crippen LogP) is 1.78. The molecule has 1 aliphatic rings. The number of nitrogens with one attached hydrogen (secondary N) is 1. The maximum Gasteiger partial charge on any atom is 0.142 e.